The van der Waals surface area contributed by atoms with Crippen LogP contribution in [0.1, 0.15) is 11.1 Å². The van der Waals surface area contributed by atoms with Crippen LogP contribution in [0.3, 0.4) is 0 Å². The highest BCUT2D eigenvalue weighted by molar-refractivity contribution is 7.92. The number of non-ortho nitro benzene ring substituents is 1. The van der Waals surface area contributed by atoms with E-state index in [1.54, 1.807) is 26.0 Å². The lowest BCUT2D eigenvalue weighted by Gasteiger charge is -2.11. The Morgan fingerprint density at radius 1 is 1.09 bits per heavy atom. The van der Waals surface area contributed by atoms with E-state index in [0.29, 0.717) is 16.3 Å². The van der Waals surface area contributed by atoms with Crippen LogP contribution in [-0.2, 0) is 10.0 Å². The maximum atomic E-state index is 12.4. The molecule has 0 saturated heterocycles. The SMILES string of the molecule is Cc1ccc(NS(=O)(=O)c2cc([N+](=O)[O-])ccc2C)cc1Cl. The minimum atomic E-state index is -3.94. The third-order valence-electron chi connectivity index (χ3n) is 3.10. The maximum absolute atomic E-state index is 12.4. The van der Waals surface area contributed by atoms with Crippen molar-refractivity contribution in [3.8, 4) is 0 Å². The molecule has 0 bridgehead atoms. The fourth-order valence-corrected chi connectivity index (χ4v) is 3.35. The average molecular weight is 341 g/mol. The van der Waals surface area contributed by atoms with Gasteiger partial charge in [0.2, 0.25) is 0 Å². The van der Waals surface area contributed by atoms with Crippen LogP contribution >= 0.6 is 11.6 Å². The van der Waals surface area contributed by atoms with E-state index in [9.17, 15) is 18.5 Å². The van der Waals surface area contributed by atoms with Crippen LogP contribution in [0.25, 0.3) is 0 Å². The molecular formula is C14H13ClN2O4S. The molecule has 0 aliphatic rings. The molecule has 0 aliphatic heterocycles. The Morgan fingerprint density at radius 3 is 2.32 bits per heavy atom. The van der Waals surface area contributed by atoms with Crippen LogP contribution in [0.4, 0.5) is 11.4 Å². The third kappa shape index (κ3) is 3.37. The summed E-state index contributed by atoms with van der Waals surface area (Å²) in [6, 6.07) is 8.44. The Kier molecular flexibility index (Phi) is 4.39. The summed E-state index contributed by atoms with van der Waals surface area (Å²) in [6.07, 6.45) is 0. The van der Waals surface area contributed by atoms with E-state index in [4.69, 9.17) is 11.6 Å². The predicted octanol–water partition coefficient (Wildman–Crippen LogP) is 3.67. The highest BCUT2D eigenvalue weighted by Crippen LogP contribution is 2.26. The number of nitro benzene ring substituents is 1. The summed E-state index contributed by atoms with van der Waals surface area (Å²) < 4.78 is 27.2. The second-order valence-corrected chi connectivity index (χ2v) is 6.83. The number of halogens is 1. The molecule has 0 aliphatic carbocycles. The number of hydrogen-bond donors (Lipinski definition) is 1. The minimum absolute atomic E-state index is 0.140. The Balaban J connectivity index is 2.44. The summed E-state index contributed by atoms with van der Waals surface area (Å²) in [5.74, 6) is 0. The minimum Gasteiger partial charge on any atom is -0.280 e. The van der Waals surface area contributed by atoms with Gasteiger partial charge >= 0.3 is 0 Å². The van der Waals surface area contributed by atoms with E-state index in [0.717, 1.165) is 11.6 Å². The first-order valence-corrected chi connectivity index (χ1v) is 8.11. The zero-order chi connectivity index (χ0) is 16.5. The molecule has 0 aromatic heterocycles. The van der Waals surface area contributed by atoms with Gasteiger partial charge in [0.25, 0.3) is 15.7 Å². The number of nitro groups is 1. The zero-order valence-corrected chi connectivity index (χ0v) is 13.4. The molecule has 0 fully saturated rings. The van der Waals surface area contributed by atoms with Crippen LogP contribution in [0.5, 0.6) is 0 Å². The van der Waals surface area contributed by atoms with Crippen molar-refractivity contribution in [1.29, 1.82) is 0 Å². The van der Waals surface area contributed by atoms with Gasteiger partial charge in [0.1, 0.15) is 0 Å². The predicted molar refractivity (Wildman–Crippen MR) is 84.8 cm³/mol. The second kappa shape index (κ2) is 5.94. The molecule has 0 atom stereocenters. The van der Waals surface area contributed by atoms with Crippen LogP contribution < -0.4 is 4.72 Å². The van der Waals surface area contributed by atoms with Crippen molar-refractivity contribution in [3.63, 3.8) is 0 Å². The van der Waals surface area contributed by atoms with Gasteiger partial charge < -0.3 is 0 Å². The summed E-state index contributed by atoms with van der Waals surface area (Å²) in [5, 5.41) is 11.2. The first kappa shape index (κ1) is 16.3. The number of sulfonamides is 1. The molecule has 116 valence electrons. The van der Waals surface area contributed by atoms with E-state index in [-0.39, 0.29) is 10.6 Å². The van der Waals surface area contributed by atoms with Crippen LogP contribution in [-0.4, -0.2) is 13.3 Å². The summed E-state index contributed by atoms with van der Waals surface area (Å²) in [6.45, 7) is 3.37. The molecule has 0 spiro atoms. The Morgan fingerprint density at radius 2 is 1.73 bits per heavy atom. The van der Waals surface area contributed by atoms with Gasteiger partial charge in [0.15, 0.2) is 0 Å². The average Bonchev–Trinajstić information content (AvgIpc) is 2.42. The molecule has 0 radical (unpaired) electrons. The van der Waals surface area contributed by atoms with Gasteiger partial charge in [-0.2, -0.15) is 0 Å². The number of nitrogens with one attached hydrogen (secondary N) is 1. The normalized spacial score (nSPS) is 11.2. The summed E-state index contributed by atoms with van der Waals surface area (Å²) in [5.41, 5.74) is 1.24. The van der Waals surface area contributed by atoms with Gasteiger partial charge in [0.05, 0.1) is 15.5 Å². The molecule has 1 N–H and O–H groups in total. The van der Waals surface area contributed by atoms with Crippen molar-refractivity contribution in [2.45, 2.75) is 18.7 Å². The van der Waals surface area contributed by atoms with Crippen molar-refractivity contribution in [2.24, 2.45) is 0 Å². The molecule has 0 heterocycles. The van der Waals surface area contributed by atoms with Crippen LogP contribution in [0.2, 0.25) is 5.02 Å². The zero-order valence-electron chi connectivity index (χ0n) is 11.8. The molecule has 2 rings (SSSR count). The van der Waals surface area contributed by atoms with E-state index in [1.807, 2.05) is 0 Å². The topological polar surface area (TPSA) is 89.3 Å². The van der Waals surface area contributed by atoms with Crippen molar-refractivity contribution in [3.05, 3.63) is 62.7 Å². The van der Waals surface area contributed by atoms with Gasteiger partial charge in [0, 0.05) is 17.2 Å². The lowest BCUT2D eigenvalue weighted by Crippen LogP contribution is -2.14. The molecule has 2 aromatic rings. The maximum Gasteiger partial charge on any atom is 0.270 e. The summed E-state index contributed by atoms with van der Waals surface area (Å²) in [7, 11) is -3.94. The van der Waals surface area contributed by atoms with E-state index in [1.165, 1.54) is 18.2 Å². The second-order valence-electron chi connectivity index (χ2n) is 4.78. The van der Waals surface area contributed by atoms with Crippen molar-refractivity contribution in [2.75, 3.05) is 4.72 Å². The number of nitrogens with zero attached hydrogens (tertiary/aromatic N) is 1. The van der Waals surface area contributed by atoms with Crippen molar-refractivity contribution >= 4 is 33.0 Å². The highest BCUT2D eigenvalue weighted by Gasteiger charge is 2.20. The Bertz CT molecular complexity index is 850. The van der Waals surface area contributed by atoms with E-state index < -0.39 is 14.9 Å². The number of rotatable bonds is 4. The van der Waals surface area contributed by atoms with Crippen molar-refractivity contribution < 1.29 is 13.3 Å². The molecular weight excluding hydrogens is 328 g/mol. The van der Waals surface area contributed by atoms with Crippen molar-refractivity contribution in [1.82, 2.24) is 0 Å². The first-order chi connectivity index (χ1) is 10.2. The molecule has 0 saturated carbocycles. The largest absolute Gasteiger partial charge is 0.280 e. The first-order valence-electron chi connectivity index (χ1n) is 6.25. The molecule has 22 heavy (non-hydrogen) atoms. The van der Waals surface area contributed by atoms with Crippen LogP contribution in [0, 0.1) is 24.0 Å². The van der Waals surface area contributed by atoms with Gasteiger partial charge in [-0.1, -0.05) is 23.7 Å². The molecule has 2 aromatic carbocycles. The fraction of sp³-hybridized carbons (Fsp3) is 0.143. The Labute approximate surface area is 132 Å². The summed E-state index contributed by atoms with van der Waals surface area (Å²) >= 11 is 5.96. The molecule has 0 amide bonds. The highest BCUT2D eigenvalue weighted by atomic mass is 35.5. The Hall–Kier alpha value is -2.12. The molecule has 0 unspecified atom stereocenters. The molecule has 8 heteroatoms. The lowest BCUT2D eigenvalue weighted by atomic mass is 10.2. The van der Waals surface area contributed by atoms with Gasteiger partial charge in [-0.25, -0.2) is 8.42 Å². The number of hydrogen-bond acceptors (Lipinski definition) is 4. The van der Waals surface area contributed by atoms with Crippen LogP contribution in [0.15, 0.2) is 41.3 Å². The van der Waals surface area contributed by atoms with E-state index in [2.05, 4.69) is 4.72 Å². The quantitative estimate of drug-likeness (QED) is 0.679. The van der Waals surface area contributed by atoms with Gasteiger partial charge in [-0.15, -0.1) is 0 Å². The summed E-state index contributed by atoms with van der Waals surface area (Å²) in [4.78, 5) is 10.0. The third-order valence-corrected chi connectivity index (χ3v) is 5.03. The lowest BCUT2D eigenvalue weighted by molar-refractivity contribution is -0.385. The van der Waals surface area contributed by atoms with Gasteiger partial charge in [-0.3, -0.25) is 14.8 Å². The standard InChI is InChI=1S/C14H13ClN2O4S/c1-9-3-5-11(7-13(9)15)16-22(20,21)14-8-12(17(18)19)6-4-10(14)2/h3-8,16H,1-2H3. The van der Waals surface area contributed by atoms with E-state index >= 15 is 0 Å². The molecule has 6 nitrogen and oxygen atoms in total. The monoisotopic (exact) mass is 340 g/mol. The van der Waals surface area contributed by atoms with Gasteiger partial charge in [-0.05, 0) is 37.1 Å². The number of anilines is 1. The number of benzene rings is 2. The smallest absolute Gasteiger partial charge is 0.270 e. The fourth-order valence-electron chi connectivity index (χ4n) is 1.86. The number of aryl methyl sites for hydroxylation is 2.